The van der Waals surface area contributed by atoms with E-state index in [4.69, 9.17) is 5.73 Å². The van der Waals surface area contributed by atoms with Crippen LogP contribution in [0.15, 0.2) is 29.3 Å². The van der Waals surface area contributed by atoms with Gasteiger partial charge in [-0.2, -0.15) is 0 Å². The van der Waals surface area contributed by atoms with Crippen molar-refractivity contribution in [2.24, 2.45) is 10.7 Å². The molecule has 0 saturated carbocycles. The molecular formula is C11H14N4. The minimum Gasteiger partial charge on any atom is -0.387 e. The Labute approximate surface area is 88.2 Å². The highest BCUT2D eigenvalue weighted by atomic mass is 14.9. The molecule has 1 aromatic carbocycles. The first-order valence-corrected chi connectivity index (χ1v) is 5.02. The molecule has 0 saturated heterocycles. The lowest BCUT2D eigenvalue weighted by Gasteiger charge is -1.95. The molecule has 0 aliphatic heterocycles. The van der Waals surface area contributed by atoms with Gasteiger partial charge in [-0.05, 0) is 19.1 Å². The molecule has 78 valence electrons. The van der Waals surface area contributed by atoms with Crippen molar-refractivity contribution in [3.05, 3.63) is 30.1 Å². The summed E-state index contributed by atoms with van der Waals surface area (Å²) in [6, 6.07) is 7.92. The van der Waals surface area contributed by atoms with Gasteiger partial charge in [-0.1, -0.05) is 12.1 Å². The highest BCUT2D eigenvalue weighted by molar-refractivity contribution is 5.83. The fourth-order valence-corrected chi connectivity index (χ4v) is 1.52. The lowest BCUT2D eigenvalue weighted by molar-refractivity contribution is 1.05. The maximum atomic E-state index is 5.73. The highest BCUT2D eigenvalue weighted by Gasteiger charge is 2.02. The topological polar surface area (TPSA) is 67.1 Å². The second-order valence-electron chi connectivity index (χ2n) is 3.34. The Morgan fingerprint density at radius 3 is 3.00 bits per heavy atom. The molecule has 0 spiro atoms. The van der Waals surface area contributed by atoms with Gasteiger partial charge >= 0.3 is 0 Å². The van der Waals surface area contributed by atoms with Crippen LogP contribution in [-0.2, 0) is 6.42 Å². The second-order valence-corrected chi connectivity index (χ2v) is 3.34. The van der Waals surface area contributed by atoms with Gasteiger partial charge in [-0.25, -0.2) is 4.98 Å². The highest BCUT2D eigenvalue weighted by Crippen LogP contribution is 2.10. The van der Waals surface area contributed by atoms with Gasteiger partial charge in [0.25, 0.3) is 0 Å². The quantitative estimate of drug-likeness (QED) is 0.584. The average molecular weight is 202 g/mol. The van der Waals surface area contributed by atoms with Crippen molar-refractivity contribution < 1.29 is 0 Å². The van der Waals surface area contributed by atoms with E-state index in [2.05, 4.69) is 15.0 Å². The second kappa shape index (κ2) is 4.13. The van der Waals surface area contributed by atoms with Crippen molar-refractivity contribution in [1.82, 2.24) is 9.97 Å². The van der Waals surface area contributed by atoms with Crippen LogP contribution >= 0.6 is 0 Å². The van der Waals surface area contributed by atoms with Gasteiger partial charge in [0.1, 0.15) is 11.7 Å². The third kappa shape index (κ3) is 2.15. The molecule has 0 unspecified atom stereocenters. The van der Waals surface area contributed by atoms with Gasteiger partial charge in [0.2, 0.25) is 0 Å². The standard InChI is InChI=1S/C11H14N4/c1-2-13-10(12)7-11-14-8-5-3-4-6-9(8)15-11/h3-6H,2,7H2,1H3,(H2,12,13)(H,14,15). The van der Waals surface area contributed by atoms with Gasteiger partial charge in [0, 0.05) is 6.54 Å². The van der Waals surface area contributed by atoms with Crippen LogP contribution in [0.2, 0.25) is 0 Å². The fourth-order valence-electron chi connectivity index (χ4n) is 1.52. The molecule has 0 radical (unpaired) electrons. The predicted molar refractivity (Wildman–Crippen MR) is 62.0 cm³/mol. The van der Waals surface area contributed by atoms with Crippen molar-refractivity contribution in [2.45, 2.75) is 13.3 Å². The number of fused-ring (bicyclic) bond motifs is 1. The van der Waals surface area contributed by atoms with Crippen LogP contribution in [0.3, 0.4) is 0 Å². The Morgan fingerprint density at radius 2 is 2.27 bits per heavy atom. The first kappa shape index (κ1) is 9.71. The molecule has 2 aromatic rings. The van der Waals surface area contributed by atoms with Crippen molar-refractivity contribution in [3.8, 4) is 0 Å². The van der Waals surface area contributed by atoms with E-state index in [0.717, 1.165) is 16.9 Å². The zero-order valence-corrected chi connectivity index (χ0v) is 8.70. The molecule has 4 heteroatoms. The average Bonchev–Trinajstić information content (AvgIpc) is 2.59. The summed E-state index contributed by atoms with van der Waals surface area (Å²) in [6.07, 6.45) is 0.586. The number of nitrogens with zero attached hydrogens (tertiary/aromatic N) is 2. The number of amidine groups is 1. The molecule has 2 rings (SSSR count). The molecule has 1 heterocycles. The largest absolute Gasteiger partial charge is 0.387 e. The summed E-state index contributed by atoms with van der Waals surface area (Å²) in [7, 11) is 0. The summed E-state index contributed by atoms with van der Waals surface area (Å²) < 4.78 is 0. The summed E-state index contributed by atoms with van der Waals surface area (Å²) in [4.78, 5) is 11.8. The maximum Gasteiger partial charge on any atom is 0.114 e. The predicted octanol–water partition coefficient (Wildman–Crippen LogP) is 1.48. The number of benzene rings is 1. The first-order valence-electron chi connectivity index (χ1n) is 5.02. The summed E-state index contributed by atoms with van der Waals surface area (Å²) in [6.45, 7) is 2.68. The van der Waals surface area contributed by atoms with Crippen LogP contribution in [0.25, 0.3) is 11.0 Å². The molecule has 4 nitrogen and oxygen atoms in total. The lowest BCUT2D eigenvalue weighted by Crippen LogP contribution is -2.16. The van der Waals surface area contributed by atoms with Crippen LogP contribution < -0.4 is 5.73 Å². The van der Waals surface area contributed by atoms with Crippen molar-refractivity contribution >= 4 is 16.9 Å². The SMILES string of the molecule is CCN=C(N)Cc1nc2ccccc2[nH]1. The summed E-state index contributed by atoms with van der Waals surface area (Å²) in [5.74, 6) is 1.49. The molecular weight excluding hydrogens is 188 g/mol. The van der Waals surface area contributed by atoms with Crippen LogP contribution in [0.4, 0.5) is 0 Å². The molecule has 1 aromatic heterocycles. The third-order valence-electron chi connectivity index (χ3n) is 2.15. The van der Waals surface area contributed by atoms with E-state index in [1.807, 2.05) is 31.2 Å². The Kier molecular flexibility index (Phi) is 2.67. The minimum absolute atomic E-state index is 0.586. The molecule has 0 aliphatic carbocycles. The van der Waals surface area contributed by atoms with E-state index in [1.165, 1.54) is 0 Å². The van der Waals surface area contributed by atoms with Crippen molar-refractivity contribution in [1.29, 1.82) is 0 Å². The number of aliphatic imine (C=N–C) groups is 1. The monoisotopic (exact) mass is 202 g/mol. The number of rotatable bonds is 3. The minimum atomic E-state index is 0.586. The summed E-state index contributed by atoms with van der Waals surface area (Å²) >= 11 is 0. The Hall–Kier alpha value is -1.84. The molecule has 3 N–H and O–H groups in total. The Balaban J connectivity index is 2.26. The van der Waals surface area contributed by atoms with E-state index in [-0.39, 0.29) is 0 Å². The van der Waals surface area contributed by atoms with Crippen molar-refractivity contribution in [2.75, 3.05) is 6.54 Å². The van der Waals surface area contributed by atoms with E-state index in [1.54, 1.807) is 0 Å². The van der Waals surface area contributed by atoms with Gasteiger partial charge < -0.3 is 10.7 Å². The van der Waals surface area contributed by atoms with E-state index < -0.39 is 0 Å². The van der Waals surface area contributed by atoms with E-state index in [9.17, 15) is 0 Å². The smallest absolute Gasteiger partial charge is 0.114 e. The zero-order chi connectivity index (χ0) is 10.7. The number of aromatic amines is 1. The van der Waals surface area contributed by atoms with Crippen LogP contribution in [0.5, 0.6) is 0 Å². The summed E-state index contributed by atoms with van der Waals surface area (Å²) in [5.41, 5.74) is 7.74. The number of imidazole rings is 1. The van der Waals surface area contributed by atoms with Gasteiger partial charge in [-0.3, -0.25) is 4.99 Å². The molecule has 0 aliphatic rings. The summed E-state index contributed by atoms with van der Waals surface area (Å²) in [5, 5.41) is 0. The number of aromatic nitrogens is 2. The Bertz CT molecular complexity index is 451. The number of H-pyrrole nitrogens is 1. The number of nitrogens with one attached hydrogen (secondary N) is 1. The molecule has 0 atom stereocenters. The van der Waals surface area contributed by atoms with E-state index >= 15 is 0 Å². The third-order valence-corrected chi connectivity index (χ3v) is 2.15. The van der Waals surface area contributed by atoms with Crippen LogP contribution in [0.1, 0.15) is 12.7 Å². The van der Waals surface area contributed by atoms with Crippen molar-refractivity contribution in [3.63, 3.8) is 0 Å². The Morgan fingerprint density at radius 1 is 1.47 bits per heavy atom. The zero-order valence-electron chi connectivity index (χ0n) is 8.70. The van der Waals surface area contributed by atoms with Crippen LogP contribution in [-0.4, -0.2) is 22.3 Å². The van der Waals surface area contributed by atoms with Crippen LogP contribution in [0, 0.1) is 0 Å². The number of para-hydroxylation sites is 2. The maximum absolute atomic E-state index is 5.73. The van der Waals surface area contributed by atoms with E-state index in [0.29, 0.717) is 18.8 Å². The van der Waals surface area contributed by atoms with Gasteiger partial charge in [-0.15, -0.1) is 0 Å². The molecule has 0 amide bonds. The molecule has 0 fully saturated rings. The fraction of sp³-hybridized carbons (Fsp3) is 0.273. The van der Waals surface area contributed by atoms with Gasteiger partial charge in [0.15, 0.2) is 0 Å². The lowest BCUT2D eigenvalue weighted by atomic mass is 10.3. The first-order chi connectivity index (χ1) is 7.29. The molecule has 15 heavy (non-hydrogen) atoms. The number of nitrogens with two attached hydrogens (primary N) is 1. The van der Waals surface area contributed by atoms with Gasteiger partial charge in [0.05, 0.1) is 17.5 Å². The number of hydrogen-bond acceptors (Lipinski definition) is 2. The molecule has 0 bridgehead atoms. The normalized spacial score (nSPS) is 12.2. The number of hydrogen-bond donors (Lipinski definition) is 2.